The third-order valence-corrected chi connectivity index (χ3v) is 11.0. The number of carbonyl (C=O) groups excluding carboxylic acids is 1. The van der Waals surface area contributed by atoms with Gasteiger partial charge in [-0.25, -0.2) is 9.48 Å². The third kappa shape index (κ3) is 8.39. The van der Waals surface area contributed by atoms with Gasteiger partial charge >= 0.3 is 6.03 Å². The lowest BCUT2D eigenvalue weighted by molar-refractivity contribution is 0.0322. The number of piperidine rings is 1. The van der Waals surface area contributed by atoms with Gasteiger partial charge in [-0.1, -0.05) is 56.6 Å². The summed E-state index contributed by atoms with van der Waals surface area (Å²) in [6.07, 6.45) is 6.83. The highest BCUT2D eigenvalue weighted by Crippen LogP contribution is 2.39. The molecule has 0 spiro atoms. The number of halogens is 1. The molecule has 2 saturated heterocycles. The van der Waals surface area contributed by atoms with Crippen LogP contribution in [0.2, 0.25) is 5.02 Å². The van der Waals surface area contributed by atoms with Crippen molar-refractivity contribution in [3.63, 3.8) is 0 Å². The van der Waals surface area contributed by atoms with Crippen LogP contribution >= 0.6 is 11.6 Å². The Labute approximate surface area is 326 Å². The van der Waals surface area contributed by atoms with E-state index in [0.29, 0.717) is 29.6 Å². The first-order valence-electron chi connectivity index (χ1n) is 19.5. The van der Waals surface area contributed by atoms with Gasteiger partial charge < -0.3 is 24.4 Å². The van der Waals surface area contributed by atoms with Crippen LogP contribution in [-0.2, 0) is 10.2 Å². The zero-order chi connectivity index (χ0) is 37.9. The summed E-state index contributed by atoms with van der Waals surface area (Å²) in [5.41, 5.74) is 4.20. The van der Waals surface area contributed by atoms with Gasteiger partial charge in [-0.2, -0.15) is 5.10 Å². The summed E-state index contributed by atoms with van der Waals surface area (Å²) in [4.78, 5) is 18.4. The summed E-state index contributed by atoms with van der Waals surface area (Å²) in [6, 6.07) is 19.1. The number of nitrogens with zero attached hydrogens (tertiary/aromatic N) is 7. The van der Waals surface area contributed by atoms with Crippen LogP contribution in [0.15, 0.2) is 66.9 Å². The summed E-state index contributed by atoms with van der Waals surface area (Å²) >= 11 is 6.58. The fraction of sp³-hybridized carbons (Fsp3) is 0.463. The van der Waals surface area contributed by atoms with Crippen molar-refractivity contribution in [3.8, 4) is 17.2 Å². The van der Waals surface area contributed by atoms with Gasteiger partial charge in [-0.3, -0.25) is 14.6 Å². The van der Waals surface area contributed by atoms with Crippen molar-refractivity contribution in [1.29, 1.82) is 0 Å². The molecule has 2 fully saturated rings. The molecular formula is C41H50ClN9O4. The molecule has 0 saturated carbocycles. The van der Waals surface area contributed by atoms with E-state index in [0.717, 1.165) is 105 Å². The number of urea groups is 1. The normalized spacial score (nSPS) is 19.2. The fourth-order valence-electron chi connectivity index (χ4n) is 7.61. The monoisotopic (exact) mass is 767 g/mol. The van der Waals surface area contributed by atoms with E-state index in [2.05, 4.69) is 63.5 Å². The number of hydrogen-bond acceptors (Lipinski definition) is 9. The number of fused-ring (bicyclic) bond motifs is 2. The van der Waals surface area contributed by atoms with Gasteiger partial charge in [0.15, 0.2) is 5.65 Å². The number of nitrogens with one attached hydrogen (secondary N) is 2. The Bertz CT molecular complexity index is 2120. The molecule has 1 aliphatic carbocycles. The molecule has 2 aliphatic heterocycles. The molecule has 5 heterocycles. The van der Waals surface area contributed by atoms with E-state index in [9.17, 15) is 4.79 Å². The van der Waals surface area contributed by atoms with Crippen LogP contribution in [0.1, 0.15) is 81.8 Å². The predicted molar refractivity (Wildman–Crippen MR) is 213 cm³/mol. The molecule has 14 heteroatoms. The fourth-order valence-corrected chi connectivity index (χ4v) is 7.79. The Hall–Kier alpha value is -4.85. The van der Waals surface area contributed by atoms with Crippen molar-refractivity contribution in [2.75, 3.05) is 62.8 Å². The van der Waals surface area contributed by atoms with Crippen molar-refractivity contribution in [2.45, 2.75) is 70.4 Å². The lowest BCUT2D eigenvalue weighted by Crippen LogP contribution is -2.38. The Balaban J connectivity index is 0.969. The molecule has 0 radical (unpaired) electrons. The SMILES string of the molecule is CC(C)(C)c1cc(NC(=O)N[C@H]2CC[C@@H](Oc3ccc4nnc(N5CCCCC5)n4c3)c3ccccc32)n(-c2ccc(Cl)c(OCCN3CCOCC3)c2)n1. The Morgan fingerprint density at radius 1 is 0.945 bits per heavy atom. The van der Waals surface area contributed by atoms with Crippen molar-refractivity contribution in [2.24, 2.45) is 0 Å². The minimum absolute atomic E-state index is 0.171. The van der Waals surface area contributed by atoms with Gasteiger partial charge in [0.1, 0.15) is 30.0 Å². The first-order chi connectivity index (χ1) is 26.7. The highest BCUT2D eigenvalue weighted by Gasteiger charge is 2.30. The van der Waals surface area contributed by atoms with Gasteiger partial charge in [0, 0.05) is 50.3 Å². The van der Waals surface area contributed by atoms with E-state index in [1.54, 1.807) is 10.7 Å². The molecule has 0 unspecified atom stereocenters. The van der Waals surface area contributed by atoms with Gasteiger partial charge in [0.25, 0.3) is 0 Å². The van der Waals surface area contributed by atoms with Gasteiger partial charge in [0.2, 0.25) is 5.95 Å². The zero-order valence-electron chi connectivity index (χ0n) is 31.8. The summed E-state index contributed by atoms with van der Waals surface area (Å²) in [6.45, 7) is 12.8. The van der Waals surface area contributed by atoms with Crippen molar-refractivity contribution in [3.05, 3.63) is 88.7 Å². The molecule has 3 aliphatic rings. The molecule has 5 aromatic rings. The minimum Gasteiger partial charge on any atom is -0.491 e. The quantitative estimate of drug-likeness (QED) is 0.150. The molecule has 55 heavy (non-hydrogen) atoms. The number of amides is 2. The highest BCUT2D eigenvalue weighted by molar-refractivity contribution is 6.32. The van der Waals surface area contributed by atoms with Gasteiger partial charge in [0.05, 0.1) is 41.9 Å². The smallest absolute Gasteiger partial charge is 0.320 e. The number of benzene rings is 2. The van der Waals surface area contributed by atoms with E-state index in [1.165, 1.54) is 6.42 Å². The Kier molecular flexibility index (Phi) is 10.9. The number of rotatable bonds is 10. The molecule has 2 N–H and O–H groups in total. The minimum atomic E-state index is -0.319. The second-order valence-corrected chi connectivity index (χ2v) is 16.0. The molecular weight excluding hydrogens is 718 g/mol. The topological polar surface area (TPSA) is 123 Å². The largest absolute Gasteiger partial charge is 0.491 e. The van der Waals surface area contributed by atoms with Crippen LogP contribution in [-0.4, -0.2) is 87.9 Å². The first-order valence-corrected chi connectivity index (χ1v) is 19.8. The van der Waals surface area contributed by atoms with E-state index >= 15 is 0 Å². The Morgan fingerprint density at radius 2 is 1.75 bits per heavy atom. The van der Waals surface area contributed by atoms with Crippen LogP contribution in [0.5, 0.6) is 11.5 Å². The molecule has 8 rings (SSSR count). The lowest BCUT2D eigenvalue weighted by atomic mass is 9.85. The number of aromatic nitrogens is 5. The summed E-state index contributed by atoms with van der Waals surface area (Å²) in [5, 5.41) is 20.7. The summed E-state index contributed by atoms with van der Waals surface area (Å²) in [5.74, 6) is 2.72. The second-order valence-electron chi connectivity index (χ2n) is 15.6. The molecule has 0 bridgehead atoms. The predicted octanol–water partition coefficient (Wildman–Crippen LogP) is 7.34. The number of hydrogen-bond donors (Lipinski definition) is 2. The Morgan fingerprint density at radius 3 is 2.55 bits per heavy atom. The van der Waals surface area contributed by atoms with Crippen LogP contribution in [0.4, 0.5) is 16.6 Å². The van der Waals surface area contributed by atoms with Crippen LogP contribution in [0.25, 0.3) is 11.3 Å². The van der Waals surface area contributed by atoms with Crippen molar-refractivity contribution < 1.29 is 19.0 Å². The van der Waals surface area contributed by atoms with Gasteiger partial charge in [-0.05, 0) is 67.5 Å². The molecule has 13 nitrogen and oxygen atoms in total. The summed E-state index contributed by atoms with van der Waals surface area (Å²) in [7, 11) is 0. The van der Waals surface area contributed by atoms with Crippen molar-refractivity contribution >= 4 is 35.0 Å². The molecule has 2 aromatic carbocycles. The first kappa shape index (κ1) is 37.1. The molecule has 3 aromatic heterocycles. The standard InChI is InChI=1S/C41H50ClN9O4/c1-41(2,3)36-26-38(51(47-36)28-11-13-32(42)35(25-28)54-24-21-48-19-22-53-23-20-48)44-39(52)43-33-14-15-34(31-10-6-5-9-30(31)33)55-29-12-16-37-45-46-40(50(37)27-29)49-17-7-4-8-18-49/h5-6,9-13,16,25-27,33-34H,4,7-8,14-15,17-24H2,1-3H3,(H2,43,44,52)/t33-,34+/m0/s1. The second kappa shape index (κ2) is 16.1. The molecule has 290 valence electrons. The maximum Gasteiger partial charge on any atom is 0.320 e. The summed E-state index contributed by atoms with van der Waals surface area (Å²) < 4.78 is 22.0. The average Bonchev–Trinajstić information content (AvgIpc) is 3.82. The maximum atomic E-state index is 13.8. The number of pyridine rings is 1. The average molecular weight is 768 g/mol. The molecule has 2 atom stereocenters. The van der Waals surface area contributed by atoms with Crippen LogP contribution in [0, 0.1) is 0 Å². The molecule has 2 amide bonds. The van der Waals surface area contributed by atoms with Crippen LogP contribution in [0.3, 0.4) is 0 Å². The lowest BCUT2D eigenvalue weighted by Gasteiger charge is -2.32. The third-order valence-electron chi connectivity index (χ3n) is 10.7. The zero-order valence-corrected chi connectivity index (χ0v) is 32.6. The number of anilines is 2. The van der Waals surface area contributed by atoms with E-state index < -0.39 is 0 Å². The van der Waals surface area contributed by atoms with Crippen molar-refractivity contribution in [1.82, 2.24) is 34.6 Å². The maximum absolute atomic E-state index is 13.8. The number of morpholine rings is 1. The van der Waals surface area contributed by atoms with Gasteiger partial charge in [-0.15, -0.1) is 10.2 Å². The number of ether oxygens (including phenoxy) is 3. The van der Waals surface area contributed by atoms with E-state index in [1.807, 2.05) is 53.1 Å². The van der Waals surface area contributed by atoms with E-state index in [-0.39, 0.29) is 23.6 Å². The van der Waals surface area contributed by atoms with Crippen LogP contribution < -0.4 is 25.0 Å². The van der Waals surface area contributed by atoms with E-state index in [4.69, 9.17) is 30.9 Å². The number of carbonyl (C=O) groups is 1. The highest BCUT2D eigenvalue weighted by atomic mass is 35.5.